The minimum atomic E-state index is -0.626. The maximum absolute atomic E-state index is 12.0. The van der Waals surface area contributed by atoms with E-state index in [1.54, 1.807) is 0 Å². The molecule has 0 heterocycles. The van der Waals surface area contributed by atoms with E-state index in [0.717, 1.165) is 31.2 Å². The summed E-state index contributed by atoms with van der Waals surface area (Å²) in [6, 6.07) is 8.60. The van der Waals surface area contributed by atoms with E-state index in [4.69, 9.17) is 0 Å². The molecule has 3 rings (SSSR count). The number of carboxylic acids is 1. The van der Waals surface area contributed by atoms with Gasteiger partial charge in [-0.15, -0.1) is 0 Å². The van der Waals surface area contributed by atoms with Crippen LogP contribution in [0.3, 0.4) is 0 Å². The van der Waals surface area contributed by atoms with E-state index in [9.17, 15) is 9.90 Å². The van der Waals surface area contributed by atoms with E-state index in [1.807, 2.05) is 0 Å². The van der Waals surface area contributed by atoms with Crippen molar-refractivity contribution >= 4 is 5.97 Å². The lowest BCUT2D eigenvalue weighted by molar-refractivity contribution is -0.145. The summed E-state index contributed by atoms with van der Waals surface area (Å²) in [7, 11) is 0. The largest absolute Gasteiger partial charge is 0.481 e. The molecule has 2 nitrogen and oxygen atoms in total. The second kappa shape index (κ2) is 6.85. The van der Waals surface area contributed by atoms with Gasteiger partial charge in [0.2, 0.25) is 0 Å². The molecule has 22 heavy (non-hydrogen) atoms. The van der Waals surface area contributed by atoms with Gasteiger partial charge in [-0.1, -0.05) is 69.2 Å². The number of hydrogen-bond donors (Lipinski definition) is 1. The average molecular weight is 300 g/mol. The van der Waals surface area contributed by atoms with Crippen LogP contribution >= 0.6 is 0 Å². The van der Waals surface area contributed by atoms with E-state index in [1.165, 1.54) is 50.5 Å². The van der Waals surface area contributed by atoms with Gasteiger partial charge in [-0.25, -0.2) is 0 Å². The smallest absolute Gasteiger partial charge is 0.314 e. The van der Waals surface area contributed by atoms with Crippen LogP contribution in [-0.2, 0) is 10.2 Å². The quantitative estimate of drug-likeness (QED) is 0.758. The third-order valence-corrected chi connectivity index (χ3v) is 5.88. The molecule has 1 aromatic carbocycles. The molecule has 2 saturated carbocycles. The molecule has 0 spiro atoms. The van der Waals surface area contributed by atoms with Crippen LogP contribution in [0.2, 0.25) is 0 Å². The van der Waals surface area contributed by atoms with Crippen molar-refractivity contribution in [2.75, 3.05) is 0 Å². The van der Waals surface area contributed by atoms with Crippen molar-refractivity contribution in [2.45, 2.75) is 82.0 Å². The molecule has 1 aromatic rings. The van der Waals surface area contributed by atoms with Crippen LogP contribution < -0.4 is 0 Å². The summed E-state index contributed by atoms with van der Waals surface area (Å²) in [5.74, 6) is 0.0158. The third kappa shape index (κ3) is 3.06. The summed E-state index contributed by atoms with van der Waals surface area (Å²) in [5.41, 5.74) is 1.81. The predicted octanol–water partition coefficient (Wildman–Crippen LogP) is 5.41. The van der Waals surface area contributed by atoms with Gasteiger partial charge < -0.3 is 5.11 Å². The van der Waals surface area contributed by atoms with Gasteiger partial charge in [-0.2, -0.15) is 0 Å². The number of hydrogen-bond acceptors (Lipinski definition) is 1. The molecule has 2 aliphatic carbocycles. The van der Waals surface area contributed by atoms with Crippen LogP contribution in [0.1, 0.15) is 87.7 Å². The van der Waals surface area contributed by atoms with Crippen molar-refractivity contribution in [3.63, 3.8) is 0 Å². The second-order valence-corrected chi connectivity index (χ2v) is 7.26. The highest BCUT2D eigenvalue weighted by atomic mass is 16.4. The first-order valence-corrected chi connectivity index (χ1v) is 9.06. The Morgan fingerprint density at radius 3 is 2.23 bits per heavy atom. The highest BCUT2D eigenvalue weighted by Gasteiger charge is 2.41. The molecule has 2 aliphatic rings. The molecule has 0 amide bonds. The van der Waals surface area contributed by atoms with Crippen LogP contribution in [0.25, 0.3) is 0 Å². The van der Waals surface area contributed by atoms with Crippen LogP contribution in [0.4, 0.5) is 0 Å². The molecule has 0 unspecified atom stereocenters. The zero-order chi connectivity index (χ0) is 15.4. The fraction of sp³-hybridized carbons (Fsp3) is 0.650. The van der Waals surface area contributed by atoms with E-state index >= 15 is 0 Å². The Morgan fingerprint density at radius 1 is 0.955 bits per heavy atom. The first-order valence-electron chi connectivity index (χ1n) is 9.06. The molecule has 0 saturated heterocycles. The highest BCUT2D eigenvalue weighted by Crippen LogP contribution is 2.41. The van der Waals surface area contributed by atoms with Crippen LogP contribution in [-0.4, -0.2) is 11.1 Å². The molecular formula is C20H28O2. The first-order chi connectivity index (χ1) is 10.7. The molecule has 120 valence electrons. The van der Waals surface area contributed by atoms with E-state index in [-0.39, 0.29) is 0 Å². The van der Waals surface area contributed by atoms with Crippen molar-refractivity contribution in [1.82, 2.24) is 0 Å². The maximum atomic E-state index is 12.0. The molecule has 0 atom stereocenters. The van der Waals surface area contributed by atoms with Crippen LogP contribution in [0, 0.1) is 0 Å². The van der Waals surface area contributed by atoms with Crippen molar-refractivity contribution in [1.29, 1.82) is 0 Å². The Bertz CT molecular complexity index is 506. The van der Waals surface area contributed by atoms with Gasteiger partial charge in [-0.3, -0.25) is 4.79 Å². The van der Waals surface area contributed by atoms with Gasteiger partial charge in [0.15, 0.2) is 0 Å². The van der Waals surface area contributed by atoms with Crippen molar-refractivity contribution in [3.05, 3.63) is 35.4 Å². The Hall–Kier alpha value is -1.31. The van der Waals surface area contributed by atoms with Gasteiger partial charge in [0.25, 0.3) is 0 Å². The number of benzene rings is 1. The lowest BCUT2D eigenvalue weighted by atomic mass is 9.69. The summed E-state index contributed by atoms with van der Waals surface area (Å²) in [5, 5.41) is 9.89. The second-order valence-electron chi connectivity index (χ2n) is 7.26. The maximum Gasteiger partial charge on any atom is 0.314 e. The van der Waals surface area contributed by atoms with Gasteiger partial charge in [0, 0.05) is 0 Å². The summed E-state index contributed by atoms with van der Waals surface area (Å²) < 4.78 is 0. The third-order valence-electron chi connectivity index (χ3n) is 5.88. The lowest BCUT2D eigenvalue weighted by Gasteiger charge is -2.34. The minimum absolute atomic E-state index is 0.620. The number of carboxylic acid groups (broad SMARTS) is 1. The fourth-order valence-corrected chi connectivity index (χ4v) is 4.48. The van der Waals surface area contributed by atoms with E-state index in [2.05, 4.69) is 24.3 Å². The number of rotatable bonds is 3. The summed E-state index contributed by atoms with van der Waals surface area (Å²) >= 11 is 0. The Labute approximate surface area is 133 Å². The summed E-state index contributed by atoms with van der Waals surface area (Å²) in [4.78, 5) is 12.0. The molecule has 0 radical (unpaired) electrons. The van der Waals surface area contributed by atoms with Gasteiger partial charge in [-0.05, 0) is 42.7 Å². The zero-order valence-electron chi connectivity index (χ0n) is 13.5. The van der Waals surface area contributed by atoms with E-state index in [0.29, 0.717) is 5.92 Å². The predicted molar refractivity (Wildman–Crippen MR) is 89.3 cm³/mol. The molecule has 1 N–H and O–H groups in total. The SMILES string of the molecule is O=C(O)C1(c2cccc(C3CCCCCC3)c2)CCCCC1. The molecular weight excluding hydrogens is 272 g/mol. The topological polar surface area (TPSA) is 37.3 Å². The molecule has 0 bridgehead atoms. The fourth-order valence-electron chi connectivity index (χ4n) is 4.48. The number of aliphatic carboxylic acids is 1. The lowest BCUT2D eigenvalue weighted by Crippen LogP contribution is -2.37. The van der Waals surface area contributed by atoms with Gasteiger partial charge in [0.05, 0.1) is 5.41 Å². The number of carbonyl (C=O) groups is 1. The standard InChI is InChI=1S/C20H28O2/c21-19(22)20(13-6-3-7-14-20)18-12-8-11-17(15-18)16-9-4-1-2-5-10-16/h8,11-12,15-16H,1-7,9-10,13-14H2,(H,21,22). The molecule has 0 aromatic heterocycles. The van der Waals surface area contributed by atoms with Crippen LogP contribution in [0.15, 0.2) is 24.3 Å². The summed E-state index contributed by atoms with van der Waals surface area (Å²) in [6.45, 7) is 0. The molecule has 0 aliphatic heterocycles. The van der Waals surface area contributed by atoms with Crippen molar-refractivity contribution < 1.29 is 9.90 Å². The highest BCUT2D eigenvalue weighted by molar-refractivity contribution is 5.81. The average Bonchev–Trinajstić information content (AvgIpc) is 2.85. The van der Waals surface area contributed by atoms with Crippen molar-refractivity contribution in [2.24, 2.45) is 0 Å². The summed E-state index contributed by atoms with van der Waals surface area (Å²) in [6.07, 6.45) is 12.7. The monoisotopic (exact) mass is 300 g/mol. The minimum Gasteiger partial charge on any atom is -0.481 e. The first kappa shape index (κ1) is 15.6. The van der Waals surface area contributed by atoms with Gasteiger partial charge >= 0.3 is 5.97 Å². The Balaban J connectivity index is 1.90. The molecule has 2 fully saturated rings. The zero-order valence-corrected chi connectivity index (χ0v) is 13.5. The normalized spacial score (nSPS) is 22.9. The Morgan fingerprint density at radius 2 is 1.59 bits per heavy atom. The van der Waals surface area contributed by atoms with Crippen molar-refractivity contribution in [3.8, 4) is 0 Å². The van der Waals surface area contributed by atoms with Gasteiger partial charge in [0.1, 0.15) is 0 Å². The molecule has 2 heteroatoms. The van der Waals surface area contributed by atoms with Crippen LogP contribution in [0.5, 0.6) is 0 Å². The Kier molecular flexibility index (Phi) is 4.85. The van der Waals surface area contributed by atoms with E-state index < -0.39 is 11.4 Å².